The molecule has 26 heavy (non-hydrogen) atoms. The summed E-state index contributed by atoms with van der Waals surface area (Å²) in [6.07, 6.45) is 2.90. The first-order chi connectivity index (χ1) is 12.5. The maximum atomic E-state index is 12.6. The zero-order chi connectivity index (χ0) is 18.7. The van der Waals surface area contributed by atoms with Gasteiger partial charge in [-0.15, -0.1) is 0 Å². The third-order valence-electron chi connectivity index (χ3n) is 4.07. The first kappa shape index (κ1) is 18.3. The van der Waals surface area contributed by atoms with Gasteiger partial charge in [0.15, 0.2) is 5.78 Å². The van der Waals surface area contributed by atoms with E-state index in [1.54, 1.807) is 6.07 Å². The van der Waals surface area contributed by atoms with Crippen molar-refractivity contribution >= 4 is 27.6 Å². The highest BCUT2D eigenvalue weighted by Gasteiger charge is 2.20. The molecule has 1 amide bonds. The highest BCUT2D eigenvalue weighted by molar-refractivity contribution is 9.10. The molecule has 0 saturated carbocycles. The molecule has 0 radical (unpaired) electrons. The van der Waals surface area contributed by atoms with Crippen LogP contribution in [0.2, 0.25) is 0 Å². The van der Waals surface area contributed by atoms with Gasteiger partial charge in [-0.05, 0) is 37.1 Å². The first-order valence-electron chi connectivity index (χ1n) is 8.06. The Morgan fingerprint density at radius 1 is 1.31 bits per heavy atom. The van der Waals surface area contributed by atoms with Crippen molar-refractivity contribution in [3.05, 3.63) is 57.2 Å². The Hall–Kier alpha value is -2.45. The molecule has 3 N–H and O–H groups in total. The average Bonchev–Trinajstić information content (AvgIpc) is 3.15. The Kier molecular flexibility index (Phi) is 5.53. The van der Waals surface area contributed by atoms with E-state index in [1.807, 2.05) is 0 Å². The van der Waals surface area contributed by atoms with E-state index >= 15 is 0 Å². The zero-order valence-electron chi connectivity index (χ0n) is 13.8. The predicted molar refractivity (Wildman–Crippen MR) is 95.1 cm³/mol. The Morgan fingerprint density at radius 2 is 2.12 bits per heavy atom. The lowest BCUT2D eigenvalue weighted by molar-refractivity contribution is 0.0853. The topological polar surface area (TPSA) is 113 Å². The van der Waals surface area contributed by atoms with Crippen molar-refractivity contribution in [2.24, 2.45) is 0 Å². The minimum atomic E-state index is -0.513. The van der Waals surface area contributed by atoms with Crippen molar-refractivity contribution in [2.45, 2.75) is 18.9 Å². The summed E-state index contributed by atoms with van der Waals surface area (Å²) < 4.78 is 11.1. The van der Waals surface area contributed by atoms with Gasteiger partial charge in [-0.2, -0.15) is 0 Å². The SMILES string of the molecule is N=c1occ(C(=O)c2cc(Br)ccc2O)cc1C(=O)NC[C@@H]1CCCO1. The summed E-state index contributed by atoms with van der Waals surface area (Å²) in [6.45, 7) is 1.02. The van der Waals surface area contributed by atoms with Gasteiger partial charge < -0.3 is 19.6 Å². The quantitative estimate of drug-likeness (QED) is 0.642. The van der Waals surface area contributed by atoms with Gasteiger partial charge in [0, 0.05) is 17.6 Å². The van der Waals surface area contributed by atoms with Crippen LogP contribution >= 0.6 is 15.9 Å². The van der Waals surface area contributed by atoms with E-state index in [0.29, 0.717) is 17.6 Å². The molecule has 1 fully saturated rings. The predicted octanol–water partition coefficient (Wildman–Crippen LogP) is 2.37. The summed E-state index contributed by atoms with van der Waals surface area (Å²) in [4.78, 5) is 25.0. The van der Waals surface area contributed by atoms with Crippen molar-refractivity contribution in [2.75, 3.05) is 13.2 Å². The molecule has 1 saturated heterocycles. The second-order valence-corrected chi connectivity index (χ2v) is 6.83. The number of aromatic hydroxyl groups is 1. The highest BCUT2D eigenvalue weighted by atomic mass is 79.9. The van der Waals surface area contributed by atoms with Crippen molar-refractivity contribution in [3.63, 3.8) is 0 Å². The molecule has 1 aromatic heterocycles. The molecule has 1 aliphatic heterocycles. The van der Waals surface area contributed by atoms with E-state index in [9.17, 15) is 14.7 Å². The van der Waals surface area contributed by atoms with E-state index in [0.717, 1.165) is 19.1 Å². The molecule has 7 nitrogen and oxygen atoms in total. The number of amides is 1. The zero-order valence-corrected chi connectivity index (χ0v) is 15.3. The van der Waals surface area contributed by atoms with Crippen LogP contribution in [0.5, 0.6) is 5.75 Å². The summed E-state index contributed by atoms with van der Waals surface area (Å²) in [5, 5.41) is 20.4. The van der Waals surface area contributed by atoms with E-state index in [4.69, 9.17) is 14.6 Å². The molecule has 0 spiro atoms. The lowest BCUT2D eigenvalue weighted by Crippen LogP contribution is -2.34. The Bertz CT molecular complexity index is 903. The second-order valence-electron chi connectivity index (χ2n) is 5.91. The van der Waals surface area contributed by atoms with Crippen LogP contribution in [0.4, 0.5) is 0 Å². The number of ketones is 1. The fourth-order valence-electron chi connectivity index (χ4n) is 2.68. The fraction of sp³-hybridized carbons (Fsp3) is 0.278. The maximum absolute atomic E-state index is 12.6. The van der Waals surface area contributed by atoms with Crippen LogP contribution in [0, 0.1) is 5.41 Å². The Labute approximate surface area is 157 Å². The summed E-state index contributed by atoms with van der Waals surface area (Å²) in [7, 11) is 0. The van der Waals surface area contributed by atoms with Gasteiger partial charge in [0.1, 0.15) is 17.6 Å². The minimum absolute atomic E-state index is 0.0338. The number of phenols is 1. The van der Waals surface area contributed by atoms with Gasteiger partial charge in [0.05, 0.1) is 17.2 Å². The van der Waals surface area contributed by atoms with Crippen molar-refractivity contribution in [3.8, 4) is 5.75 Å². The van der Waals surface area contributed by atoms with E-state index in [2.05, 4.69) is 21.2 Å². The number of ether oxygens (including phenoxy) is 1. The standard InChI is InChI=1S/C18H17BrN2O5/c19-11-3-4-15(22)13(7-11)16(23)10-6-14(17(20)26-9-10)18(24)21-8-12-2-1-5-25-12/h3-4,6-7,9,12,20,22H,1-2,5,8H2,(H,21,24)/t12-/m0/s1. The average molecular weight is 421 g/mol. The van der Waals surface area contributed by atoms with E-state index < -0.39 is 11.7 Å². The summed E-state index contributed by atoms with van der Waals surface area (Å²) >= 11 is 3.25. The lowest BCUT2D eigenvalue weighted by atomic mass is 10.0. The molecule has 1 aliphatic rings. The number of hydrogen-bond acceptors (Lipinski definition) is 6. The van der Waals surface area contributed by atoms with Gasteiger partial charge in [-0.3, -0.25) is 15.0 Å². The molecular weight excluding hydrogens is 404 g/mol. The van der Waals surface area contributed by atoms with E-state index in [-0.39, 0.29) is 34.1 Å². The Balaban J connectivity index is 1.82. The van der Waals surface area contributed by atoms with Crippen molar-refractivity contribution in [1.82, 2.24) is 5.32 Å². The number of carbonyl (C=O) groups is 2. The van der Waals surface area contributed by atoms with Gasteiger partial charge in [-0.1, -0.05) is 15.9 Å². The third-order valence-corrected chi connectivity index (χ3v) is 4.57. The molecule has 2 heterocycles. The number of nitrogens with one attached hydrogen (secondary N) is 2. The molecule has 0 bridgehead atoms. The second kappa shape index (κ2) is 7.84. The highest BCUT2D eigenvalue weighted by Crippen LogP contribution is 2.24. The molecule has 2 aromatic rings. The molecule has 3 rings (SSSR count). The fourth-order valence-corrected chi connectivity index (χ4v) is 3.04. The first-order valence-corrected chi connectivity index (χ1v) is 8.85. The third kappa shape index (κ3) is 4.03. The van der Waals surface area contributed by atoms with Gasteiger partial charge in [0.2, 0.25) is 5.55 Å². The number of hydrogen-bond donors (Lipinski definition) is 3. The molecular formula is C18H17BrN2O5. The number of benzene rings is 1. The smallest absolute Gasteiger partial charge is 0.256 e. The van der Waals surface area contributed by atoms with Crippen LogP contribution < -0.4 is 10.9 Å². The monoisotopic (exact) mass is 420 g/mol. The molecule has 1 atom stereocenters. The Morgan fingerprint density at radius 3 is 2.85 bits per heavy atom. The molecule has 8 heteroatoms. The van der Waals surface area contributed by atoms with Gasteiger partial charge >= 0.3 is 0 Å². The van der Waals surface area contributed by atoms with Gasteiger partial charge in [0.25, 0.3) is 5.91 Å². The summed E-state index contributed by atoms with van der Waals surface area (Å²) in [5.41, 5.74) is -0.261. The summed E-state index contributed by atoms with van der Waals surface area (Å²) in [5.74, 6) is -1.21. The molecule has 0 unspecified atom stereocenters. The largest absolute Gasteiger partial charge is 0.507 e. The van der Waals surface area contributed by atoms with Crippen LogP contribution in [-0.4, -0.2) is 36.1 Å². The van der Waals surface area contributed by atoms with Crippen LogP contribution in [0.1, 0.15) is 39.1 Å². The molecule has 0 aliphatic carbocycles. The normalized spacial score (nSPS) is 16.4. The number of phenolic OH excluding ortho intramolecular Hbond substituents is 1. The van der Waals surface area contributed by atoms with Gasteiger partial charge in [-0.25, -0.2) is 0 Å². The van der Waals surface area contributed by atoms with Crippen LogP contribution in [-0.2, 0) is 4.74 Å². The number of halogens is 1. The maximum Gasteiger partial charge on any atom is 0.256 e. The molecule has 1 aromatic carbocycles. The van der Waals surface area contributed by atoms with Crippen LogP contribution in [0.25, 0.3) is 0 Å². The number of rotatable bonds is 5. The van der Waals surface area contributed by atoms with E-state index in [1.165, 1.54) is 18.2 Å². The summed E-state index contributed by atoms with van der Waals surface area (Å²) in [6, 6.07) is 5.76. The van der Waals surface area contributed by atoms with Crippen LogP contribution in [0.15, 0.2) is 39.4 Å². The number of carbonyl (C=O) groups excluding carboxylic acids is 2. The molecule has 136 valence electrons. The van der Waals surface area contributed by atoms with Crippen molar-refractivity contribution in [1.29, 1.82) is 5.41 Å². The lowest BCUT2D eigenvalue weighted by Gasteiger charge is -2.11. The van der Waals surface area contributed by atoms with Crippen LogP contribution in [0.3, 0.4) is 0 Å². The van der Waals surface area contributed by atoms with Crippen molar-refractivity contribution < 1.29 is 23.8 Å². The minimum Gasteiger partial charge on any atom is -0.507 e.